The van der Waals surface area contributed by atoms with E-state index in [9.17, 15) is 8.42 Å². The van der Waals surface area contributed by atoms with Gasteiger partial charge in [0, 0.05) is 0 Å². The van der Waals surface area contributed by atoms with Crippen LogP contribution in [0.5, 0.6) is 0 Å². The summed E-state index contributed by atoms with van der Waals surface area (Å²) in [5.74, 6) is 0. The fraction of sp³-hybridized carbons (Fsp3) is 1.00. The van der Waals surface area contributed by atoms with Crippen molar-refractivity contribution in [2.75, 3.05) is 0 Å². The second-order valence-electron chi connectivity index (χ2n) is 1.74. The number of hydrogen-bond donors (Lipinski definition) is 1. The van der Waals surface area contributed by atoms with Crippen LogP contribution in [0.1, 0.15) is 20.3 Å². The van der Waals surface area contributed by atoms with Crippen LogP contribution in [-0.4, -0.2) is 19.1 Å². The molecule has 6 heteroatoms. The summed E-state index contributed by atoms with van der Waals surface area (Å²) in [6.45, 7) is 3.32. The largest absolute Gasteiger partial charge is 1.00 e. The summed E-state index contributed by atoms with van der Waals surface area (Å²) < 4.78 is 32.1. The minimum Gasteiger partial charge on any atom is -0.264 e. The zero-order valence-corrected chi connectivity index (χ0v) is 9.18. The molecular formula is C4H10NaO4S+. The standard InChI is InChI=1S/C4H10O4S.Na/c1-3-4(2)8-9(5,6)7;/h4H,3H2,1-2H3,(H,5,6,7);/q;+1. The molecule has 0 aliphatic carbocycles. The van der Waals surface area contributed by atoms with Crippen LogP contribution in [0.4, 0.5) is 0 Å². The van der Waals surface area contributed by atoms with Crippen molar-refractivity contribution in [3.8, 4) is 0 Å². The zero-order chi connectivity index (χ0) is 7.49. The molecular weight excluding hydrogens is 167 g/mol. The maximum absolute atomic E-state index is 9.93. The molecule has 0 rings (SSSR count). The Bertz CT molecular complexity index is 164. The summed E-state index contributed by atoms with van der Waals surface area (Å²) in [5.41, 5.74) is 0. The molecule has 0 aliphatic heterocycles. The first-order valence-corrected chi connectivity index (χ1v) is 3.98. The Kier molecular flexibility index (Phi) is 7.42. The van der Waals surface area contributed by atoms with Gasteiger partial charge in [0.25, 0.3) is 0 Å². The van der Waals surface area contributed by atoms with Crippen LogP contribution >= 0.6 is 0 Å². The van der Waals surface area contributed by atoms with E-state index in [1.807, 2.05) is 0 Å². The van der Waals surface area contributed by atoms with Gasteiger partial charge in [0.1, 0.15) is 0 Å². The maximum atomic E-state index is 9.93. The average Bonchev–Trinajstić information content (AvgIpc) is 1.62. The molecule has 56 valence electrons. The molecule has 1 atom stereocenters. The van der Waals surface area contributed by atoms with Gasteiger partial charge in [0.15, 0.2) is 0 Å². The van der Waals surface area contributed by atoms with Crippen LogP contribution in [0.2, 0.25) is 0 Å². The van der Waals surface area contributed by atoms with E-state index in [1.54, 1.807) is 13.8 Å². The second-order valence-corrected chi connectivity index (χ2v) is 2.79. The average molecular weight is 177 g/mol. The summed E-state index contributed by atoms with van der Waals surface area (Å²) >= 11 is 0. The molecule has 0 bridgehead atoms. The van der Waals surface area contributed by atoms with Crippen molar-refractivity contribution in [2.24, 2.45) is 0 Å². The van der Waals surface area contributed by atoms with E-state index in [-0.39, 0.29) is 29.6 Å². The smallest absolute Gasteiger partial charge is 0.264 e. The topological polar surface area (TPSA) is 63.6 Å². The van der Waals surface area contributed by atoms with Crippen molar-refractivity contribution in [2.45, 2.75) is 26.4 Å². The summed E-state index contributed by atoms with van der Waals surface area (Å²) in [6.07, 6.45) is 0.111. The van der Waals surface area contributed by atoms with Gasteiger partial charge in [-0.3, -0.25) is 4.55 Å². The molecule has 0 saturated heterocycles. The Morgan fingerprint density at radius 3 is 2.10 bits per heavy atom. The Hall–Kier alpha value is 0.870. The molecule has 0 aliphatic rings. The summed E-state index contributed by atoms with van der Waals surface area (Å²) in [7, 11) is -4.24. The van der Waals surface area contributed by atoms with E-state index in [4.69, 9.17) is 4.55 Å². The predicted molar refractivity (Wildman–Crippen MR) is 32.4 cm³/mol. The van der Waals surface area contributed by atoms with Crippen molar-refractivity contribution >= 4 is 10.4 Å². The van der Waals surface area contributed by atoms with Gasteiger partial charge in [-0.1, -0.05) is 6.92 Å². The SMILES string of the molecule is CCC(C)OS(=O)(=O)O.[Na+]. The van der Waals surface area contributed by atoms with Crippen molar-refractivity contribution in [3.05, 3.63) is 0 Å². The fourth-order valence-corrected chi connectivity index (χ4v) is 0.827. The van der Waals surface area contributed by atoms with E-state index in [0.29, 0.717) is 6.42 Å². The van der Waals surface area contributed by atoms with E-state index in [0.717, 1.165) is 0 Å². The molecule has 10 heavy (non-hydrogen) atoms. The molecule has 0 aromatic rings. The summed E-state index contributed by atoms with van der Waals surface area (Å²) in [4.78, 5) is 0. The first-order chi connectivity index (χ1) is 3.95. The van der Waals surface area contributed by atoms with Crippen LogP contribution in [-0.2, 0) is 14.6 Å². The third kappa shape index (κ3) is 8.87. The summed E-state index contributed by atoms with van der Waals surface area (Å²) in [5, 5.41) is 0. The monoisotopic (exact) mass is 177 g/mol. The predicted octanol–water partition coefficient (Wildman–Crippen LogP) is -2.39. The van der Waals surface area contributed by atoms with Crippen molar-refractivity contribution in [1.82, 2.24) is 0 Å². The molecule has 0 aromatic heterocycles. The van der Waals surface area contributed by atoms with Gasteiger partial charge < -0.3 is 0 Å². The van der Waals surface area contributed by atoms with Crippen LogP contribution < -0.4 is 29.6 Å². The quantitative estimate of drug-likeness (QED) is 0.386. The minimum absolute atomic E-state index is 0. The van der Waals surface area contributed by atoms with E-state index in [2.05, 4.69) is 4.18 Å². The third-order valence-corrected chi connectivity index (χ3v) is 1.43. The normalized spacial score (nSPS) is 13.9. The molecule has 0 fully saturated rings. The van der Waals surface area contributed by atoms with Gasteiger partial charge in [-0.15, -0.1) is 0 Å². The third-order valence-electron chi connectivity index (χ3n) is 0.861. The molecule has 0 aromatic carbocycles. The first kappa shape index (κ1) is 13.5. The Labute approximate surface area is 83.2 Å². The minimum atomic E-state index is -4.24. The molecule has 0 saturated carbocycles. The molecule has 1 N–H and O–H groups in total. The van der Waals surface area contributed by atoms with Crippen LogP contribution in [0.25, 0.3) is 0 Å². The molecule has 0 radical (unpaired) electrons. The van der Waals surface area contributed by atoms with Crippen LogP contribution in [0.15, 0.2) is 0 Å². The van der Waals surface area contributed by atoms with Gasteiger partial charge in [0.2, 0.25) is 0 Å². The first-order valence-electron chi connectivity index (χ1n) is 2.61. The van der Waals surface area contributed by atoms with Gasteiger partial charge in [0.05, 0.1) is 6.10 Å². The molecule has 0 spiro atoms. The fourth-order valence-electron chi connectivity index (χ4n) is 0.276. The van der Waals surface area contributed by atoms with E-state index < -0.39 is 16.5 Å². The van der Waals surface area contributed by atoms with Crippen molar-refractivity contribution in [3.63, 3.8) is 0 Å². The van der Waals surface area contributed by atoms with Gasteiger partial charge in [-0.25, -0.2) is 4.18 Å². The van der Waals surface area contributed by atoms with E-state index >= 15 is 0 Å². The molecule has 0 heterocycles. The van der Waals surface area contributed by atoms with Crippen LogP contribution in [0, 0.1) is 0 Å². The Balaban J connectivity index is 0. The molecule has 4 nitrogen and oxygen atoms in total. The van der Waals surface area contributed by atoms with Crippen molar-refractivity contribution < 1.29 is 46.7 Å². The molecule has 0 amide bonds. The summed E-state index contributed by atoms with van der Waals surface area (Å²) in [6, 6.07) is 0. The zero-order valence-electron chi connectivity index (χ0n) is 6.36. The van der Waals surface area contributed by atoms with Gasteiger partial charge in [-0.05, 0) is 13.3 Å². The Morgan fingerprint density at radius 2 is 2.00 bits per heavy atom. The van der Waals surface area contributed by atoms with Crippen molar-refractivity contribution in [1.29, 1.82) is 0 Å². The van der Waals surface area contributed by atoms with Gasteiger partial charge >= 0.3 is 40.0 Å². The van der Waals surface area contributed by atoms with E-state index in [1.165, 1.54) is 0 Å². The Morgan fingerprint density at radius 1 is 1.60 bits per heavy atom. The number of rotatable bonds is 3. The second kappa shape index (κ2) is 5.51. The number of hydrogen-bond acceptors (Lipinski definition) is 3. The molecule has 1 unspecified atom stereocenters. The van der Waals surface area contributed by atoms with Gasteiger partial charge in [-0.2, -0.15) is 8.42 Å². The maximum Gasteiger partial charge on any atom is 1.00 e. The van der Waals surface area contributed by atoms with Crippen LogP contribution in [0.3, 0.4) is 0 Å².